The van der Waals surface area contributed by atoms with Gasteiger partial charge in [-0.15, -0.1) is 0 Å². The maximum absolute atomic E-state index is 11.8. The molecule has 0 aromatic heterocycles. The molecule has 0 aromatic carbocycles. The first kappa shape index (κ1) is 16.2. The molecule has 8 heteroatoms. The fourth-order valence-corrected chi connectivity index (χ4v) is 1.34. The summed E-state index contributed by atoms with van der Waals surface area (Å²) in [5, 5.41) is 19.8. The number of nitrogens with one attached hydrogen (secondary N) is 1. The molecule has 0 aromatic rings. The highest BCUT2D eigenvalue weighted by molar-refractivity contribution is 5.87. The van der Waals surface area contributed by atoms with E-state index in [-0.39, 0.29) is 19.2 Å². The van der Waals surface area contributed by atoms with Gasteiger partial charge in [0.25, 0.3) is 0 Å². The number of hydrogen-bond acceptors (Lipinski definition) is 4. The lowest BCUT2D eigenvalue weighted by Gasteiger charge is -2.27. The molecule has 0 fully saturated rings. The highest BCUT2D eigenvalue weighted by atomic mass is 16.4. The van der Waals surface area contributed by atoms with Crippen molar-refractivity contribution >= 4 is 17.9 Å². The number of aliphatic hydroxyl groups is 1. The number of carboxylic acid groups (broad SMARTS) is 1. The molecular weight excluding hydrogens is 242 g/mol. The van der Waals surface area contributed by atoms with Crippen LogP contribution in [0.15, 0.2) is 0 Å². The Hall–Kier alpha value is -1.83. The Kier molecular flexibility index (Phi) is 6.73. The van der Waals surface area contributed by atoms with E-state index in [4.69, 9.17) is 15.9 Å². The van der Waals surface area contributed by atoms with Crippen LogP contribution in [0.3, 0.4) is 0 Å². The lowest BCUT2D eigenvalue weighted by molar-refractivity contribution is -0.141. The molecule has 0 saturated carbocycles. The molecule has 8 nitrogen and oxygen atoms in total. The van der Waals surface area contributed by atoms with Gasteiger partial charge in [0.15, 0.2) is 0 Å². The summed E-state index contributed by atoms with van der Waals surface area (Å²) < 4.78 is 0. The quantitative estimate of drug-likeness (QED) is 0.453. The van der Waals surface area contributed by atoms with Crippen molar-refractivity contribution in [3.63, 3.8) is 0 Å². The molecule has 0 bridgehead atoms. The third-order valence-electron chi connectivity index (χ3n) is 2.23. The number of aliphatic carboxylic acids is 1. The first-order valence-electron chi connectivity index (χ1n) is 5.48. The number of carboxylic acids is 1. The van der Waals surface area contributed by atoms with E-state index < -0.39 is 30.4 Å². The van der Waals surface area contributed by atoms with Crippen molar-refractivity contribution in [2.75, 3.05) is 13.2 Å². The molecule has 18 heavy (non-hydrogen) atoms. The molecule has 104 valence electrons. The van der Waals surface area contributed by atoms with E-state index >= 15 is 0 Å². The molecule has 0 aliphatic heterocycles. The van der Waals surface area contributed by atoms with Crippen molar-refractivity contribution in [1.82, 2.24) is 10.2 Å². The van der Waals surface area contributed by atoms with Gasteiger partial charge >= 0.3 is 12.0 Å². The number of carbonyl (C=O) groups is 3. The molecule has 0 rings (SSSR count). The van der Waals surface area contributed by atoms with Crippen LogP contribution in [-0.2, 0) is 9.59 Å². The van der Waals surface area contributed by atoms with Crippen LogP contribution in [0.2, 0.25) is 0 Å². The smallest absolute Gasteiger partial charge is 0.326 e. The minimum atomic E-state index is -1.37. The summed E-state index contributed by atoms with van der Waals surface area (Å²) >= 11 is 0. The summed E-state index contributed by atoms with van der Waals surface area (Å²) in [6, 6.07) is -2.23. The summed E-state index contributed by atoms with van der Waals surface area (Å²) in [6.45, 7) is 3.28. The summed E-state index contributed by atoms with van der Waals surface area (Å²) in [5.74, 6) is -2.16. The second-order valence-electron chi connectivity index (χ2n) is 4.02. The van der Waals surface area contributed by atoms with Crippen LogP contribution in [0.25, 0.3) is 0 Å². The van der Waals surface area contributed by atoms with Crippen molar-refractivity contribution in [1.29, 1.82) is 0 Å². The number of nitrogens with two attached hydrogens (primary N) is 1. The van der Waals surface area contributed by atoms with Gasteiger partial charge in [-0.05, 0) is 13.8 Å². The van der Waals surface area contributed by atoms with Gasteiger partial charge in [-0.3, -0.25) is 4.79 Å². The van der Waals surface area contributed by atoms with Crippen LogP contribution in [0.4, 0.5) is 4.79 Å². The van der Waals surface area contributed by atoms with Crippen LogP contribution >= 0.6 is 0 Å². The molecule has 0 unspecified atom stereocenters. The fraction of sp³-hybridized carbons (Fsp3) is 0.700. The zero-order valence-electron chi connectivity index (χ0n) is 10.4. The van der Waals surface area contributed by atoms with Crippen molar-refractivity contribution < 1.29 is 24.6 Å². The lowest BCUT2D eigenvalue weighted by atomic mass is 10.2. The third-order valence-corrected chi connectivity index (χ3v) is 2.23. The van der Waals surface area contributed by atoms with Gasteiger partial charge < -0.3 is 26.2 Å². The normalized spacial score (nSPS) is 12.0. The molecule has 0 aliphatic carbocycles. The molecule has 3 amide bonds. The predicted octanol–water partition coefficient (Wildman–Crippen LogP) is -1.27. The summed E-state index contributed by atoms with van der Waals surface area (Å²) in [7, 11) is 0. The van der Waals surface area contributed by atoms with Crippen LogP contribution < -0.4 is 11.1 Å². The Labute approximate surface area is 105 Å². The van der Waals surface area contributed by atoms with Gasteiger partial charge in [0.1, 0.15) is 6.04 Å². The van der Waals surface area contributed by atoms with E-state index in [0.717, 1.165) is 0 Å². The number of nitrogens with zero attached hydrogens (tertiary/aromatic N) is 1. The van der Waals surface area contributed by atoms with Crippen LogP contribution in [0, 0.1) is 0 Å². The Bertz CT molecular complexity index is 319. The number of urea groups is 1. The van der Waals surface area contributed by atoms with Crippen molar-refractivity contribution in [2.45, 2.75) is 32.4 Å². The van der Waals surface area contributed by atoms with E-state index in [1.54, 1.807) is 13.8 Å². The van der Waals surface area contributed by atoms with Gasteiger partial charge in [-0.2, -0.15) is 0 Å². The summed E-state index contributed by atoms with van der Waals surface area (Å²) in [4.78, 5) is 34.5. The van der Waals surface area contributed by atoms with Crippen LogP contribution in [0.5, 0.6) is 0 Å². The summed E-state index contributed by atoms with van der Waals surface area (Å²) in [6.07, 6.45) is -0.480. The number of amides is 3. The fourth-order valence-electron chi connectivity index (χ4n) is 1.34. The van der Waals surface area contributed by atoms with Gasteiger partial charge in [-0.25, -0.2) is 9.59 Å². The average molecular weight is 261 g/mol. The van der Waals surface area contributed by atoms with Gasteiger partial charge in [0.2, 0.25) is 5.91 Å². The molecule has 5 N–H and O–H groups in total. The maximum atomic E-state index is 11.8. The van der Waals surface area contributed by atoms with Crippen molar-refractivity contribution in [3.05, 3.63) is 0 Å². The second-order valence-corrected chi connectivity index (χ2v) is 4.02. The van der Waals surface area contributed by atoms with Gasteiger partial charge in [-0.1, -0.05) is 0 Å². The monoisotopic (exact) mass is 261 g/mol. The number of rotatable bonds is 7. The molecule has 0 spiro atoms. The highest BCUT2D eigenvalue weighted by Gasteiger charge is 2.25. The molecule has 0 radical (unpaired) electrons. The topological polar surface area (TPSA) is 133 Å². The lowest BCUT2D eigenvalue weighted by Crippen LogP contribution is -2.51. The highest BCUT2D eigenvalue weighted by Crippen LogP contribution is 2.00. The first-order valence-corrected chi connectivity index (χ1v) is 5.48. The van der Waals surface area contributed by atoms with E-state index in [2.05, 4.69) is 5.32 Å². The zero-order chi connectivity index (χ0) is 14.3. The molecule has 0 heterocycles. The third kappa shape index (κ3) is 5.48. The Morgan fingerprint density at radius 3 is 2.22 bits per heavy atom. The number of hydrogen-bond donors (Lipinski definition) is 4. The number of carbonyl (C=O) groups excluding carboxylic acids is 2. The first-order chi connectivity index (χ1) is 8.29. The van der Waals surface area contributed by atoms with Crippen molar-refractivity contribution in [2.24, 2.45) is 5.73 Å². The maximum Gasteiger partial charge on any atom is 0.326 e. The Balaban J connectivity index is 4.65. The molecular formula is C10H19N3O5. The van der Waals surface area contributed by atoms with E-state index in [9.17, 15) is 14.4 Å². The van der Waals surface area contributed by atoms with Gasteiger partial charge in [0, 0.05) is 12.6 Å². The predicted molar refractivity (Wildman–Crippen MR) is 62.7 cm³/mol. The summed E-state index contributed by atoms with van der Waals surface area (Å²) in [5.41, 5.74) is 4.89. The van der Waals surface area contributed by atoms with E-state index in [1.807, 2.05) is 0 Å². The largest absolute Gasteiger partial charge is 0.480 e. The minimum absolute atomic E-state index is 0.0758. The number of primary amides is 1. The average Bonchev–Trinajstić information content (AvgIpc) is 2.23. The molecule has 0 saturated heterocycles. The van der Waals surface area contributed by atoms with Crippen LogP contribution in [0.1, 0.15) is 20.3 Å². The molecule has 1 atom stereocenters. The standard InChI is InChI=1S/C10H19N3O5/c1-6(2)13(3-4-14)10(18)12-7(9(16)17)5-8(11)15/h6-7,14H,3-5H2,1-2H3,(H2,11,15)(H,12,18)(H,16,17)/t7-/m0/s1. The van der Waals surface area contributed by atoms with Crippen molar-refractivity contribution in [3.8, 4) is 0 Å². The second kappa shape index (κ2) is 7.49. The SMILES string of the molecule is CC(C)N(CCO)C(=O)N[C@@H](CC(N)=O)C(=O)O. The Morgan fingerprint density at radius 2 is 1.89 bits per heavy atom. The van der Waals surface area contributed by atoms with Crippen LogP contribution in [-0.4, -0.2) is 58.3 Å². The Morgan fingerprint density at radius 1 is 1.33 bits per heavy atom. The number of aliphatic hydroxyl groups excluding tert-OH is 1. The van der Waals surface area contributed by atoms with E-state index in [0.29, 0.717) is 0 Å². The zero-order valence-corrected chi connectivity index (χ0v) is 10.4. The van der Waals surface area contributed by atoms with Gasteiger partial charge in [0.05, 0.1) is 13.0 Å². The van der Waals surface area contributed by atoms with E-state index in [1.165, 1.54) is 4.90 Å². The minimum Gasteiger partial charge on any atom is -0.480 e. The molecule has 0 aliphatic rings.